The predicted octanol–water partition coefficient (Wildman–Crippen LogP) is 3.20. The van der Waals surface area contributed by atoms with Crippen molar-refractivity contribution in [2.45, 2.75) is 20.5 Å². The number of ether oxygens (including phenoxy) is 1. The predicted molar refractivity (Wildman–Crippen MR) is 75.4 cm³/mol. The molecular formula is C13H14ClN3O3. The first-order valence-electron chi connectivity index (χ1n) is 5.94. The number of aromatic nitrogens is 2. The number of rotatable bonds is 4. The second kappa shape index (κ2) is 5.60. The molecule has 0 aliphatic carbocycles. The van der Waals surface area contributed by atoms with Gasteiger partial charge in [0.1, 0.15) is 0 Å². The van der Waals surface area contributed by atoms with Crippen LogP contribution in [0.15, 0.2) is 18.2 Å². The molecule has 0 saturated heterocycles. The molecule has 1 heterocycles. The van der Waals surface area contributed by atoms with Gasteiger partial charge in [-0.1, -0.05) is 23.7 Å². The van der Waals surface area contributed by atoms with Gasteiger partial charge in [0.05, 0.1) is 17.2 Å². The Morgan fingerprint density at radius 3 is 2.75 bits per heavy atom. The molecule has 0 aliphatic rings. The lowest BCUT2D eigenvalue weighted by Gasteiger charge is -2.07. The summed E-state index contributed by atoms with van der Waals surface area (Å²) < 4.78 is 6.32. The molecule has 1 aromatic carbocycles. The van der Waals surface area contributed by atoms with E-state index in [-0.39, 0.29) is 23.1 Å². The summed E-state index contributed by atoms with van der Waals surface area (Å²) in [5.74, 6) is 0. The van der Waals surface area contributed by atoms with Crippen molar-refractivity contribution in [2.24, 2.45) is 0 Å². The van der Waals surface area contributed by atoms with E-state index >= 15 is 0 Å². The molecule has 7 heteroatoms. The Hall–Kier alpha value is -1.92. The van der Waals surface area contributed by atoms with Crippen LogP contribution in [-0.2, 0) is 11.3 Å². The highest BCUT2D eigenvalue weighted by molar-refractivity contribution is 6.32. The van der Waals surface area contributed by atoms with Crippen molar-refractivity contribution >= 4 is 17.3 Å². The van der Waals surface area contributed by atoms with Gasteiger partial charge in [-0.05, 0) is 31.0 Å². The van der Waals surface area contributed by atoms with Gasteiger partial charge >= 0.3 is 5.69 Å². The van der Waals surface area contributed by atoms with Crippen LogP contribution < -0.4 is 0 Å². The van der Waals surface area contributed by atoms with Crippen LogP contribution in [0.4, 0.5) is 5.69 Å². The van der Waals surface area contributed by atoms with E-state index in [0.29, 0.717) is 0 Å². The Balaban J connectivity index is 2.66. The molecule has 0 radical (unpaired) electrons. The zero-order valence-corrected chi connectivity index (χ0v) is 12.1. The second-order valence-corrected chi connectivity index (χ2v) is 4.84. The third-order valence-corrected chi connectivity index (χ3v) is 3.27. The lowest BCUT2D eigenvalue weighted by molar-refractivity contribution is -0.385. The van der Waals surface area contributed by atoms with Crippen LogP contribution in [0.2, 0.25) is 5.15 Å². The molecule has 2 aromatic rings. The molecule has 0 N–H and O–H groups in total. The second-order valence-electron chi connectivity index (χ2n) is 4.48. The van der Waals surface area contributed by atoms with Crippen LogP contribution in [-0.4, -0.2) is 21.8 Å². The summed E-state index contributed by atoms with van der Waals surface area (Å²) in [5, 5.41) is 15.3. The zero-order valence-electron chi connectivity index (χ0n) is 11.4. The van der Waals surface area contributed by atoms with E-state index in [1.165, 1.54) is 11.8 Å². The number of hydrogen-bond acceptors (Lipinski definition) is 4. The fourth-order valence-corrected chi connectivity index (χ4v) is 2.26. The normalized spacial score (nSPS) is 10.8. The van der Waals surface area contributed by atoms with E-state index in [1.54, 1.807) is 0 Å². The minimum atomic E-state index is -0.536. The van der Waals surface area contributed by atoms with E-state index < -0.39 is 4.92 Å². The summed E-state index contributed by atoms with van der Waals surface area (Å²) in [6, 6.07) is 5.76. The number of nitro groups is 1. The number of methoxy groups -OCH3 is 1. The smallest absolute Gasteiger partial charge is 0.331 e. The van der Waals surface area contributed by atoms with E-state index in [0.717, 1.165) is 16.8 Å². The summed E-state index contributed by atoms with van der Waals surface area (Å²) >= 11 is 6.12. The molecule has 0 saturated carbocycles. The Labute approximate surface area is 121 Å². The largest absolute Gasteiger partial charge is 0.378 e. The van der Waals surface area contributed by atoms with Crippen LogP contribution >= 0.6 is 11.6 Å². The van der Waals surface area contributed by atoms with Gasteiger partial charge in [0.2, 0.25) is 5.15 Å². The van der Waals surface area contributed by atoms with Gasteiger partial charge in [0.15, 0.2) is 5.69 Å². The number of nitrogens with zero attached hydrogens (tertiary/aromatic N) is 3. The third-order valence-electron chi connectivity index (χ3n) is 2.93. The monoisotopic (exact) mass is 295 g/mol. The third kappa shape index (κ3) is 2.52. The summed E-state index contributed by atoms with van der Waals surface area (Å²) in [4.78, 5) is 10.6. The van der Waals surface area contributed by atoms with Gasteiger partial charge in [0.25, 0.3) is 0 Å². The average molecular weight is 296 g/mol. The molecule has 0 bridgehead atoms. The van der Waals surface area contributed by atoms with Gasteiger partial charge in [-0.2, -0.15) is 5.10 Å². The van der Waals surface area contributed by atoms with Gasteiger partial charge in [-0.3, -0.25) is 10.1 Å². The van der Waals surface area contributed by atoms with Gasteiger partial charge in [-0.15, -0.1) is 0 Å². The fraction of sp³-hybridized carbons (Fsp3) is 0.308. The molecule has 0 atom stereocenters. The highest BCUT2D eigenvalue weighted by Gasteiger charge is 2.27. The fourth-order valence-electron chi connectivity index (χ4n) is 1.95. The SMILES string of the molecule is COCc1nn(-c2cc(C)ccc2C)c(Cl)c1[N+](=O)[O-]. The first kappa shape index (κ1) is 14.5. The summed E-state index contributed by atoms with van der Waals surface area (Å²) in [6.45, 7) is 3.87. The van der Waals surface area contributed by atoms with Crippen molar-refractivity contribution in [1.82, 2.24) is 9.78 Å². The number of hydrogen-bond donors (Lipinski definition) is 0. The molecule has 0 amide bonds. The molecule has 106 valence electrons. The number of benzene rings is 1. The highest BCUT2D eigenvalue weighted by atomic mass is 35.5. The molecule has 0 aliphatic heterocycles. The van der Waals surface area contributed by atoms with Crippen LogP contribution in [0.25, 0.3) is 5.69 Å². The quantitative estimate of drug-likeness (QED) is 0.641. The Morgan fingerprint density at radius 2 is 2.15 bits per heavy atom. The maximum atomic E-state index is 11.1. The zero-order chi connectivity index (χ0) is 14.9. The van der Waals surface area contributed by atoms with Gasteiger partial charge in [0, 0.05) is 7.11 Å². The molecule has 1 aromatic heterocycles. The molecule has 0 fully saturated rings. The number of halogens is 1. The van der Waals surface area contributed by atoms with Crippen LogP contribution in [0.3, 0.4) is 0 Å². The lowest BCUT2D eigenvalue weighted by atomic mass is 10.1. The lowest BCUT2D eigenvalue weighted by Crippen LogP contribution is -2.01. The summed E-state index contributed by atoms with van der Waals surface area (Å²) in [6.07, 6.45) is 0. The maximum Gasteiger partial charge on any atom is 0.331 e. The van der Waals surface area contributed by atoms with Crippen molar-refractivity contribution in [3.63, 3.8) is 0 Å². The van der Waals surface area contributed by atoms with E-state index in [1.807, 2.05) is 32.0 Å². The first-order chi connectivity index (χ1) is 9.45. The highest BCUT2D eigenvalue weighted by Crippen LogP contribution is 2.32. The van der Waals surface area contributed by atoms with Crippen LogP contribution in [0, 0.1) is 24.0 Å². The van der Waals surface area contributed by atoms with Gasteiger partial charge < -0.3 is 4.74 Å². The summed E-state index contributed by atoms with van der Waals surface area (Å²) in [7, 11) is 1.45. The van der Waals surface area contributed by atoms with Crippen LogP contribution in [0.1, 0.15) is 16.8 Å². The average Bonchev–Trinajstić information content (AvgIpc) is 2.70. The first-order valence-corrected chi connectivity index (χ1v) is 6.32. The van der Waals surface area contributed by atoms with Crippen molar-refractivity contribution < 1.29 is 9.66 Å². The van der Waals surface area contributed by atoms with Gasteiger partial charge in [-0.25, -0.2) is 4.68 Å². The molecule has 20 heavy (non-hydrogen) atoms. The molecule has 0 spiro atoms. The standard InChI is InChI=1S/C13H14ClN3O3/c1-8-4-5-9(2)11(6-8)16-13(14)12(17(18)19)10(15-16)7-20-3/h4-6H,7H2,1-3H3. The van der Waals surface area contributed by atoms with Crippen molar-refractivity contribution in [3.8, 4) is 5.69 Å². The van der Waals surface area contributed by atoms with Crippen LogP contribution in [0.5, 0.6) is 0 Å². The minimum absolute atomic E-state index is 0.0178. The van der Waals surface area contributed by atoms with Crippen molar-refractivity contribution in [2.75, 3.05) is 7.11 Å². The Bertz CT molecular complexity index is 667. The maximum absolute atomic E-state index is 11.1. The van der Waals surface area contributed by atoms with E-state index in [4.69, 9.17) is 16.3 Å². The summed E-state index contributed by atoms with van der Waals surface area (Å²) in [5.41, 5.74) is 2.67. The molecule has 2 rings (SSSR count). The Morgan fingerprint density at radius 1 is 1.45 bits per heavy atom. The number of aryl methyl sites for hydroxylation is 2. The van der Waals surface area contributed by atoms with Crippen molar-refractivity contribution in [3.05, 3.63) is 50.3 Å². The molecule has 6 nitrogen and oxygen atoms in total. The minimum Gasteiger partial charge on any atom is -0.378 e. The topological polar surface area (TPSA) is 70.2 Å². The van der Waals surface area contributed by atoms with Crippen molar-refractivity contribution in [1.29, 1.82) is 0 Å². The van der Waals surface area contributed by atoms with E-state index in [2.05, 4.69) is 5.10 Å². The Kier molecular flexibility index (Phi) is 4.06. The molecule has 0 unspecified atom stereocenters. The van der Waals surface area contributed by atoms with E-state index in [9.17, 15) is 10.1 Å². The molecular weight excluding hydrogens is 282 g/mol.